The summed E-state index contributed by atoms with van der Waals surface area (Å²) in [4.78, 5) is 2.55. The first-order valence-corrected chi connectivity index (χ1v) is 8.56. The largest absolute Gasteiger partial charge is 0.309 e. The molecule has 20 heavy (non-hydrogen) atoms. The highest BCUT2D eigenvalue weighted by molar-refractivity contribution is 7.89. The Morgan fingerprint density at radius 2 is 2.10 bits per heavy atom. The summed E-state index contributed by atoms with van der Waals surface area (Å²) in [6, 6.07) is 5.44. The van der Waals surface area contributed by atoms with Crippen LogP contribution in [0, 0.1) is 0 Å². The Hall–Kier alpha value is -0.950. The highest BCUT2D eigenvalue weighted by Crippen LogP contribution is 2.21. The van der Waals surface area contributed by atoms with E-state index in [4.69, 9.17) is 0 Å². The van der Waals surface area contributed by atoms with Crippen LogP contribution < -0.4 is 10.0 Å². The Balaban J connectivity index is 1.77. The van der Waals surface area contributed by atoms with Gasteiger partial charge in [0.2, 0.25) is 10.0 Å². The molecule has 1 saturated heterocycles. The van der Waals surface area contributed by atoms with Crippen molar-refractivity contribution in [2.75, 3.05) is 20.1 Å². The molecule has 0 bridgehead atoms. The monoisotopic (exact) mass is 295 g/mol. The van der Waals surface area contributed by atoms with Crippen LogP contribution in [0.5, 0.6) is 0 Å². The molecule has 3 rings (SSSR count). The number of nitrogens with zero attached hydrogens (tertiary/aromatic N) is 1. The second-order valence-corrected chi connectivity index (χ2v) is 7.47. The van der Waals surface area contributed by atoms with Crippen molar-refractivity contribution in [3.8, 4) is 0 Å². The summed E-state index contributed by atoms with van der Waals surface area (Å²) >= 11 is 0. The third kappa shape index (κ3) is 2.88. The molecule has 2 aliphatic heterocycles. The fraction of sp³-hybridized carbons (Fsp3) is 0.571. The number of sulfonamides is 1. The molecular weight excluding hydrogens is 274 g/mol. The van der Waals surface area contributed by atoms with Gasteiger partial charge in [-0.15, -0.1) is 0 Å². The molecule has 2 N–H and O–H groups in total. The lowest BCUT2D eigenvalue weighted by Crippen LogP contribution is -2.46. The average molecular weight is 295 g/mol. The third-order valence-electron chi connectivity index (χ3n) is 4.07. The van der Waals surface area contributed by atoms with E-state index in [2.05, 4.69) is 14.9 Å². The molecule has 1 aromatic carbocycles. The molecule has 0 aliphatic carbocycles. The summed E-state index contributed by atoms with van der Waals surface area (Å²) in [5, 5.41) is 3.23. The molecule has 0 spiro atoms. The lowest BCUT2D eigenvalue weighted by molar-refractivity contribution is 0.242. The van der Waals surface area contributed by atoms with Gasteiger partial charge in [-0.3, -0.25) is 0 Å². The second-order valence-electron chi connectivity index (χ2n) is 5.76. The predicted octanol–water partition coefficient (Wildman–Crippen LogP) is 0.662. The van der Waals surface area contributed by atoms with Gasteiger partial charge in [-0.2, -0.15) is 0 Å². The van der Waals surface area contributed by atoms with Gasteiger partial charge in [0.25, 0.3) is 0 Å². The zero-order valence-corrected chi connectivity index (χ0v) is 12.5. The second kappa shape index (κ2) is 5.44. The van der Waals surface area contributed by atoms with Crippen LogP contribution in [-0.2, 0) is 23.1 Å². The Morgan fingerprint density at radius 3 is 2.90 bits per heavy atom. The average Bonchev–Trinajstić information content (AvgIpc) is 2.85. The maximum absolute atomic E-state index is 12.5. The van der Waals surface area contributed by atoms with Crippen LogP contribution >= 0.6 is 0 Å². The van der Waals surface area contributed by atoms with Gasteiger partial charge in [0.1, 0.15) is 0 Å². The van der Waals surface area contributed by atoms with E-state index in [1.165, 1.54) is 5.56 Å². The van der Waals surface area contributed by atoms with E-state index in [1.54, 1.807) is 12.1 Å². The molecule has 1 aromatic rings. The molecule has 110 valence electrons. The van der Waals surface area contributed by atoms with Crippen LogP contribution in [0.2, 0.25) is 0 Å². The minimum atomic E-state index is -3.41. The number of benzene rings is 1. The lowest BCUT2D eigenvalue weighted by atomic mass is 10.1. The van der Waals surface area contributed by atoms with Gasteiger partial charge in [0.15, 0.2) is 0 Å². The number of hydrogen-bond donors (Lipinski definition) is 2. The van der Waals surface area contributed by atoms with Crippen LogP contribution in [0.1, 0.15) is 24.0 Å². The van der Waals surface area contributed by atoms with Crippen molar-refractivity contribution in [3.63, 3.8) is 0 Å². The molecule has 0 saturated carbocycles. The predicted molar refractivity (Wildman–Crippen MR) is 77.8 cm³/mol. The van der Waals surface area contributed by atoms with Crippen molar-refractivity contribution in [2.24, 2.45) is 0 Å². The highest BCUT2D eigenvalue weighted by Gasteiger charge is 2.24. The van der Waals surface area contributed by atoms with Gasteiger partial charge in [-0.05, 0) is 49.7 Å². The van der Waals surface area contributed by atoms with Gasteiger partial charge in [-0.25, -0.2) is 13.1 Å². The summed E-state index contributed by atoms with van der Waals surface area (Å²) in [5.74, 6) is 0. The molecule has 5 nitrogen and oxygen atoms in total. The van der Waals surface area contributed by atoms with Crippen molar-refractivity contribution >= 4 is 10.0 Å². The zero-order valence-electron chi connectivity index (χ0n) is 11.7. The highest BCUT2D eigenvalue weighted by atomic mass is 32.2. The first-order valence-electron chi connectivity index (χ1n) is 7.08. The Bertz CT molecular complexity index is 600. The van der Waals surface area contributed by atoms with Gasteiger partial charge in [0, 0.05) is 25.7 Å². The van der Waals surface area contributed by atoms with Crippen molar-refractivity contribution in [1.29, 1.82) is 0 Å². The van der Waals surface area contributed by atoms with Crippen LogP contribution in [0.3, 0.4) is 0 Å². The van der Waals surface area contributed by atoms with E-state index in [1.807, 2.05) is 13.1 Å². The summed E-state index contributed by atoms with van der Waals surface area (Å²) < 4.78 is 27.8. The minimum Gasteiger partial charge on any atom is -0.309 e. The first kappa shape index (κ1) is 14.0. The standard InChI is InChI=1S/C14H21N3O2S/c1-17-6-2-3-13(10-17)16-20(18,19)14-5-4-11-8-15-9-12(11)7-14/h4-5,7,13,15-16H,2-3,6,8-10H2,1H3. The Morgan fingerprint density at radius 1 is 1.30 bits per heavy atom. The van der Waals surface area contributed by atoms with E-state index >= 15 is 0 Å². The first-order chi connectivity index (χ1) is 9.54. The molecule has 0 aromatic heterocycles. The van der Waals surface area contributed by atoms with E-state index in [0.29, 0.717) is 4.90 Å². The van der Waals surface area contributed by atoms with E-state index in [-0.39, 0.29) is 6.04 Å². The zero-order chi connectivity index (χ0) is 14.2. The van der Waals surface area contributed by atoms with E-state index in [0.717, 1.165) is 44.6 Å². The minimum absolute atomic E-state index is 0.0186. The lowest BCUT2D eigenvalue weighted by Gasteiger charge is -2.30. The SMILES string of the molecule is CN1CCCC(NS(=O)(=O)c2ccc3c(c2)CNC3)C1. The van der Waals surface area contributed by atoms with Crippen LogP contribution in [0.4, 0.5) is 0 Å². The van der Waals surface area contributed by atoms with Crippen LogP contribution in [-0.4, -0.2) is 39.5 Å². The summed E-state index contributed by atoms with van der Waals surface area (Å²) in [7, 11) is -1.38. The number of nitrogens with one attached hydrogen (secondary N) is 2. The summed E-state index contributed by atoms with van der Waals surface area (Å²) in [6.07, 6.45) is 1.95. The molecule has 2 aliphatic rings. The number of fused-ring (bicyclic) bond motifs is 1. The van der Waals surface area contributed by atoms with E-state index < -0.39 is 10.0 Å². The normalized spacial score (nSPS) is 23.8. The fourth-order valence-electron chi connectivity index (χ4n) is 2.99. The molecule has 1 fully saturated rings. The van der Waals surface area contributed by atoms with Gasteiger partial charge in [0.05, 0.1) is 4.90 Å². The maximum atomic E-state index is 12.5. The number of hydrogen-bond acceptors (Lipinski definition) is 4. The Kier molecular flexibility index (Phi) is 3.81. The molecular formula is C14H21N3O2S. The van der Waals surface area contributed by atoms with Crippen molar-refractivity contribution in [3.05, 3.63) is 29.3 Å². The topological polar surface area (TPSA) is 61.4 Å². The van der Waals surface area contributed by atoms with E-state index in [9.17, 15) is 8.42 Å². The van der Waals surface area contributed by atoms with Gasteiger partial charge < -0.3 is 10.2 Å². The van der Waals surface area contributed by atoms with Crippen LogP contribution in [0.15, 0.2) is 23.1 Å². The smallest absolute Gasteiger partial charge is 0.240 e. The summed E-state index contributed by atoms with van der Waals surface area (Å²) in [5.41, 5.74) is 2.29. The summed E-state index contributed by atoms with van der Waals surface area (Å²) in [6.45, 7) is 3.41. The van der Waals surface area contributed by atoms with Crippen LogP contribution in [0.25, 0.3) is 0 Å². The number of rotatable bonds is 3. The molecule has 6 heteroatoms. The van der Waals surface area contributed by atoms with Crippen molar-refractivity contribution < 1.29 is 8.42 Å². The van der Waals surface area contributed by atoms with Crippen molar-refractivity contribution in [2.45, 2.75) is 36.9 Å². The number of piperidine rings is 1. The molecule has 1 atom stereocenters. The third-order valence-corrected chi connectivity index (χ3v) is 5.58. The molecule has 0 radical (unpaired) electrons. The van der Waals surface area contributed by atoms with Crippen molar-refractivity contribution in [1.82, 2.24) is 14.9 Å². The maximum Gasteiger partial charge on any atom is 0.240 e. The molecule has 1 unspecified atom stereocenters. The number of likely N-dealkylation sites (tertiary alicyclic amines) is 1. The fourth-order valence-corrected chi connectivity index (χ4v) is 4.30. The number of likely N-dealkylation sites (N-methyl/N-ethyl adjacent to an activating group) is 1. The Labute approximate surface area is 120 Å². The molecule has 2 heterocycles. The molecule has 0 amide bonds. The van der Waals surface area contributed by atoms with Gasteiger partial charge >= 0.3 is 0 Å². The van der Waals surface area contributed by atoms with Gasteiger partial charge in [-0.1, -0.05) is 6.07 Å². The quantitative estimate of drug-likeness (QED) is 0.860.